The number of rotatable bonds is 7. The lowest BCUT2D eigenvalue weighted by atomic mass is 10.2. The van der Waals surface area contributed by atoms with Crippen LogP contribution in [-0.4, -0.2) is 109 Å². The van der Waals surface area contributed by atoms with E-state index in [0.29, 0.717) is 6.54 Å². The standard InChI is InChI=1S/C24H33N7O2S2/c1-34-24-26-21(25-19-2-4-20(5-3-19)29-10-13-33-14-11-29)16-22(27-24)30-8-6-28(7-9-30)17-23(32)31-12-15-35-18-31/h2-5,16H,6-15,17-18H2,1H3,(H,25,26,27). The van der Waals surface area contributed by atoms with E-state index in [4.69, 9.17) is 9.72 Å². The van der Waals surface area contributed by atoms with E-state index in [1.807, 2.05) is 29.0 Å². The summed E-state index contributed by atoms with van der Waals surface area (Å²) < 4.78 is 5.46. The molecule has 0 spiro atoms. The fourth-order valence-corrected chi connectivity index (χ4v) is 5.84. The number of nitrogens with one attached hydrogen (secondary N) is 1. The summed E-state index contributed by atoms with van der Waals surface area (Å²) in [6.07, 6.45) is 2.00. The molecule has 35 heavy (non-hydrogen) atoms. The maximum Gasteiger partial charge on any atom is 0.237 e. The Morgan fingerprint density at radius 3 is 2.49 bits per heavy atom. The molecule has 3 aliphatic rings. The third-order valence-corrected chi connectivity index (χ3v) is 8.06. The van der Waals surface area contributed by atoms with Gasteiger partial charge in [0.15, 0.2) is 5.16 Å². The highest BCUT2D eigenvalue weighted by Gasteiger charge is 2.24. The van der Waals surface area contributed by atoms with Crippen LogP contribution < -0.4 is 15.1 Å². The van der Waals surface area contributed by atoms with Crippen molar-refractivity contribution in [2.45, 2.75) is 5.16 Å². The van der Waals surface area contributed by atoms with Gasteiger partial charge in [-0.25, -0.2) is 9.97 Å². The number of ether oxygens (including phenoxy) is 1. The SMILES string of the molecule is CSc1nc(Nc2ccc(N3CCOCC3)cc2)cc(N2CCN(CC(=O)N3CCSC3)CC2)n1. The van der Waals surface area contributed by atoms with Crippen molar-refractivity contribution < 1.29 is 9.53 Å². The molecular weight excluding hydrogens is 482 g/mol. The smallest absolute Gasteiger partial charge is 0.237 e. The Balaban J connectivity index is 1.20. The fourth-order valence-electron chi connectivity index (χ4n) is 4.49. The van der Waals surface area contributed by atoms with Crippen LogP contribution in [0.4, 0.5) is 23.0 Å². The number of thioether (sulfide) groups is 2. The van der Waals surface area contributed by atoms with Crippen molar-refractivity contribution in [1.82, 2.24) is 19.8 Å². The van der Waals surface area contributed by atoms with Gasteiger partial charge in [-0.2, -0.15) is 0 Å². The van der Waals surface area contributed by atoms with Gasteiger partial charge in [-0.3, -0.25) is 9.69 Å². The van der Waals surface area contributed by atoms with E-state index in [0.717, 1.165) is 93.1 Å². The number of hydrogen-bond acceptors (Lipinski definition) is 10. The monoisotopic (exact) mass is 515 g/mol. The summed E-state index contributed by atoms with van der Waals surface area (Å²) in [7, 11) is 0. The normalized spacial score (nSPS) is 19.3. The summed E-state index contributed by atoms with van der Waals surface area (Å²) in [4.78, 5) is 30.8. The minimum Gasteiger partial charge on any atom is -0.378 e. The minimum atomic E-state index is 0.251. The third kappa shape index (κ3) is 6.32. The van der Waals surface area contributed by atoms with E-state index in [2.05, 4.69) is 49.3 Å². The average molecular weight is 516 g/mol. The van der Waals surface area contributed by atoms with E-state index in [1.54, 1.807) is 11.8 Å². The molecule has 1 amide bonds. The van der Waals surface area contributed by atoms with Gasteiger partial charge in [0.1, 0.15) is 11.6 Å². The van der Waals surface area contributed by atoms with Crippen molar-refractivity contribution in [3.05, 3.63) is 30.3 Å². The lowest BCUT2D eigenvalue weighted by molar-refractivity contribution is -0.131. The van der Waals surface area contributed by atoms with E-state index in [1.165, 1.54) is 5.69 Å². The van der Waals surface area contributed by atoms with Crippen molar-refractivity contribution in [2.24, 2.45) is 0 Å². The third-order valence-electron chi connectivity index (χ3n) is 6.55. The number of nitrogens with zero attached hydrogens (tertiary/aromatic N) is 6. The highest BCUT2D eigenvalue weighted by atomic mass is 32.2. The lowest BCUT2D eigenvalue weighted by Crippen LogP contribution is -2.50. The number of piperazine rings is 1. The second-order valence-electron chi connectivity index (χ2n) is 8.83. The van der Waals surface area contributed by atoms with Crippen LogP contribution in [0, 0.1) is 0 Å². The predicted molar refractivity (Wildman–Crippen MR) is 144 cm³/mol. The molecule has 0 aliphatic carbocycles. The lowest BCUT2D eigenvalue weighted by Gasteiger charge is -2.35. The van der Waals surface area contributed by atoms with Crippen molar-refractivity contribution in [1.29, 1.82) is 0 Å². The molecule has 3 fully saturated rings. The molecule has 11 heteroatoms. The Hall–Kier alpha value is -2.21. The number of carbonyl (C=O) groups is 1. The Bertz CT molecular complexity index is 990. The minimum absolute atomic E-state index is 0.251. The van der Waals surface area contributed by atoms with Crippen LogP contribution in [0.3, 0.4) is 0 Å². The first kappa shape index (κ1) is 24.5. The van der Waals surface area contributed by atoms with Crippen LogP contribution in [0.1, 0.15) is 0 Å². The Kier molecular flexibility index (Phi) is 8.17. The van der Waals surface area contributed by atoms with Crippen LogP contribution in [0.25, 0.3) is 0 Å². The van der Waals surface area contributed by atoms with Gasteiger partial charge in [0.2, 0.25) is 5.91 Å². The van der Waals surface area contributed by atoms with Crippen LogP contribution in [-0.2, 0) is 9.53 Å². The highest BCUT2D eigenvalue weighted by molar-refractivity contribution is 7.99. The molecule has 0 radical (unpaired) electrons. The number of anilines is 4. The zero-order chi connectivity index (χ0) is 24.0. The Labute approximate surface area is 215 Å². The summed E-state index contributed by atoms with van der Waals surface area (Å²) in [6.45, 7) is 8.23. The first-order chi connectivity index (χ1) is 17.2. The second kappa shape index (κ2) is 11.7. The van der Waals surface area contributed by atoms with Gasteiger partial charge in [0, 0.05) is 69.0 Å². The summed E-state index contributed by atoms with van der Waals surface area (Å²) in [6, 6.07) is 10.5. The van der Waals surface area contributed by atoms with Gasteiger partial charge in [-0.05, 0) is 30.5 Å². The molecule has 1 aromatic carbocycles. The molecule has 188 valence electrons. The Morgan fingerprint density at radius 2 is 1.80 bits per heavy atom. The number of carbonyl (C=O) groups excluding carboxylic acids is 1. The summed E-state index contributed by atoms with van der Waals surface area (Å²) in [5.41, 5.74) is 2.22. The first-order valence-corrected chi connectivity index (χ1v) is 14.5. The molecule has 3 saturated heterocycles. The summed E-state index contributed by atoms with van der Waals surface area (Å²) in [5.74, 6) is 3.87. The quantitative estimate of drug-likeness (QED) is 0.439. The molecule has 9 nitrogen and oxygen atoms in total. The van der Waals surface area contributed by atoms with E-state index >= 15 is 0 Å². The van der Waals surface area contributed by atoms with Crippen LogP contribution >= 0.6 is 23.5 Å². The predicted octanol–water partition coefficient (Wildman–Crippen LogP) is 2.43. The van der Waals surface area contributed by atoms with E-state index in [-0.39, 0.29) is 5.91 Å². The molecule has 2 aromatic rings. The second-order valence-corrected chi connectivity index (χ2v) is 10.7. The van der Waals surface area contributed by atoms with Gasteiger partial charge in [-0.15, -0.1) is 11.8 Å². The topological polar surface area (TPSA) is 77.1 Å². The highest BCUT2D eigenvalue weighted by Crippen LogP contribution is 2.26. The van der Waals surface area contributed by atoms with Crippen molar-refractivity contribution in [3.8, 4) is 0 Å². The van der Waals surface area contributed by atoms with Gasteiger partial charge in [0.25, 0.3) is 0 Å². The molecule has 4 heterocycles. The number of amides is 1. The van der Waals surface area contributed by atoms with Gasteiger partial charge in [-0.1, -0.05) is 11.8 Å². The number of aromatic nitrogens is 2. The largest absolute Gasteiger partial charge is 0.378 e. The molecule has 1 aromatic heterocycles. The van der Waals surface area contributed by atoms with Gasteiger partial charge < -0.3 is 24.8 Å². The molecule has 0 saturated carbocycles. The molecule has 5 rings (SSSR count). The summed E-state index contributed by atoms with van der Waals surface area (Å²) in [5, 5.41) is 4.21. The zero-order valence-corrected chi connectivity index (χ0v) is 21.8. The maximum atomic E-state index is 12.5. The molecule has 3 aliphatic heterocycles. The number of morpholine rings is 1. The van der Waals surface area contributed by atoms with Crippen molar-refractivity contribution in [2.75, 3.05) is 98.6 Å². The molecule has 0 bridgehead atoms. The molecule has 0 atom stereocenters. The zero-order valence-electron chi connectivity index (χ0n) is 20.2. The summed E-state index contributed by atoms with van der Waals surface area (Å²) >= 11 is 3.38. The molecular formula is C24H33N7O2S2. The van der Waals surface area contributed by atoms with Crippen molar-refractivity contribution in [3.63, 3.8) is 0 Å². The average Bonchev–Trinajstić information content (AvgIpc) is 3.45. The van der Waals surface area contributed by atoms with Gasteiger partial charge in [0.05, 0.1) is 25.6 Å². The maximum absolute atomic E-state index is 12.5. The van der Waals surface area contributed by atoms with Gasteiger partial charge >= 0.3 is 0 Å². The van der Waals surface area contributed by atoms with Crippen LogP contribution in [0.2, 0.25) is 0 Å². The van der Waals surface area contributed by atoms with E-state index < -0.39 is 0 Å². The number of benzene rings is 1. The molecule has 1 N–H and O–H groups in total. The van der Waals surface area contributed by atoms with Crippen molar-refractivity contribution >= 4 is 52.4 Å². The van der Waals surface area contributed by atoms with Crippen LogP contribution in [0.5, 0.6) is 0 Å². The first-order valence-electron chi connectivity index (χ1n) is 12.1. The fraction of sp³-hybridized carbons (Fsp3) is 0.542. The van der Waals surface area contributed by atoms with E-state index in [9.17, 15) is 4.79 Å². The number of hydrogen-bond donors (Lipinski definition) is 1. The Morgan fingerprint density at radius 1 is 1.03 bits per heavy atom. The molecule has 0 unspecified atom stereocenters. The van der Waals surface area contributed by atoms with Crippen LogP contribution in [0.15, 0.2) is 35.5 Å².